The highest BCUT2D eigenvalue weighted by Gasteiger charge is 2.20. The molecule has 1 fully saturated rings. The number of hydrogen-bond donors (Lipinski definition) is 1. The van der Waals surface area contributed by atoms with Crippen LogP contribution in [0.25, 0.3) is 0 Å². The van der Waals surface area contributed by atoms with E-state index in [4.69, 9.17) is 0 Å². The Morgan fingerprint density at radius 3 is 2.67 bits per heavy atom. The summed E-state index contributed by atoms with van der Waals surface area (Å²) >= 11 is 0. The predicted molar refractivity (Wildman–Crippen MR) is 98.4 cm³/mol. The van der Waals surface area contributed by atoms with E-state index in [1.807, 2.05) is 6.20 Å². The summed E-state index contributed by atoms with van der Waals surface area (Å²) in [6.45, 7) is 5.52. The fourth-order valence-electron chi connectivity index (χ4n) is 4.07. The minimum Gasteiger partial charge on any atom is -0.372 e. The van der Waals surface area contributed by atoms with Crippen molar-refractivity contribution in [3.8, 4) is 0 Å². The normalized spacial score (nSPS) is 20.8. The van der Waals surface area contributed by atoms with E-state index in [1.54, 1.807) is 0 Å². The number of anilines is 1. The third kappa shape index (κ3) is 3.48. The summed E-state index contributed by atoms with van der Waals surface area (Å²) in [7, 11) is 0. The lowest BCUT2D eigenvalue weighted by molar-refractivity contribution is 0.423. The molecule has 1 N–H and O–H groups in total. The second-order valence-corrected chi connectivity index (χ2v) is 7.16. The Hall–Kier alpha value is -1.81. The number of fused-ring (bicyclic) bond motifs is 1. The van der Waals surface area contributed by atoms with Gasteiger partial charge in [-0.05, 0) is 49.8 Å². The van der Waals surface area contributed by atoms with Gasteiger partial charge in [-0.2, -0.15) is 0 Å². The molecular weight excluding hydrogens is 296 g/mol. The second kappa shape index (κ2) is 7.39. The van der Waals surface area contributed by atoms with E-state index in [-0.39, 0.29) is 0 Å². The summed E-state index contributed by atoms with van der Waals surface area (Å²) in [5, 5.41) is 3.63. The molecule has 1 aromatic carbocycles. The molecule has 4 nitrogen and oxygen atoms in total. The number of aromatic nitrogens is 2. The largest absolute Gasteiger partial charge is 0.372 e. The molecule has 128 valence electrons. The van der Waals surface area contributed by atoms with Crippen LogP contribution in [0.5, 0.6) is 0 Å². The van der Waals surface area contributed by atoms with Gasteiger partial charge in [0.25, 0.3) is 0 Å². The van der Waals surface area contributed by atoms with Gasteiger partial charge in [0, 0.05) is 56.7 Å². The van der Waals surface area contributed by atoms with E-state index in [9.17, 15) is 0 Å². The Morgan fingerprint density at radius 1 is 1.00 bits per heavy atom. The Morgan fingerprint density at radius 2 is 1.83 bits per heavy atom. The van der Waals surface area contributed by atoms with E-state index >= 15 is 0 Å². The highest BCUT2D eigenvalue weighted by Crippen LogP contribution is 2.25. The SMILES string of the molecule is c1cn2c(n1)C(CNCc1ccc(N3CCCCC3)cc1)CCC2. The molecule has 1 aromatic heterocycles. The van der Waals surface area contributed by atoms with Crippen LogP contribution in [0.3, 0.4) is 0 Å². The second-order valence-electron chi connectivity index (χ2n) is 7.16. The highest BCUT2D eigenvalue weighted by atomic mass is 15.1. The molecule has 4 rings (SSSR count). The molecule has 0 saturated carbocycles. The Bertz CT molecular complexity index is 640. The molecule has 0 amide bonds. The number of nitrogens with one attached hydrogen (secondary N) is 1. The quantitative estimate of drug-likeness (QED) is 0.913. The predicted octanol–water partition coefficient (Wildman–Crippen LogP) is 3.54. The molecule has 3 heterocycles. The van der Waals surface area contributed by atoms with Crippen LogP contribution in [-0.2, 0) is 13.1 Å². The maximum atomic E-state index is 4.54. The van der Waals surface area contributed by atoms with Crippen molar-refractivity contribution >= 4 is 5.69 Å². The van der Waals surface area contributed by atoms with Crippen molar-refractivity contribution in [2.45, 2.75) is 51.1 Å². The zero-order chi connectivity index (χ0) is 16.2. The van der Waals surface area contributed by atoms with Crippen LogP contribution in [0, 0.1) is 0 Å². The molecule has 1 saturated heterocycles. The van der Waals surface area contributed by atoms with Crippen molar-refractivity contribution in [1.82, 2.24) is 14.9 Å². The number of piperidine rings is 1. The molecule has 1 unspecified atom stereocenters. The first-order valence-corrected chi connectivity index (χ1v) is 9.46. The number of imidazole rings is 1. The van der Waals surface area contributed by atoms with Crippen LogP contribution in [0.2, 0.25) is 0 Å². The van der Waals surface area contributed by atoms with E-state index in [1.165, 1.54) is 62.3 Å². The average molecular weight is 324 g/mol. The monoisotopic (exact) mass is 324 g/mol. The molecule has 2 aliphatic heterocycles. The van der Waals surface area contributed by atoms with Gasteiger partial charge >= 0.3 is 0 Å². The maximum Gasteiger partial charge on any atom is 0.113 e. The molecule has 2 aliphatic rings. The number of aryl methyl sites for hydroxylation is 1. The molecule has 0 aliphatic carbocycles. The van der Waals surface area contributed by atoms with Crippen LogP contribution in [-0.4, -0.2) is 29.2 Å². The fourth-order valence-corrected chi connectivity index (χ4v) is 4.07. The Balaban J connectivity index is 1.29. The van der Waals surface area contributed by atoms with Crippen LogP contribution >= 0.6 is 0 Å². The highest BCUT2D eigenvalue weighted by molar-refractivity contribution is 5.47. The van der Waals surface area contributed by atoms with Crippen LogP contribution in [0.4, 0.5) is 5.69 Å². The minimum atomic E-state index is 0.557. The van der Waals surface area contributed by atoms with Gasteiger partial charge in [-0.15, -0.1) is 0 Å². The lowest BCUT2D eigenvalue weighted by Crippen LogP contribution is -2.29. The maximum absolute atomic E-state index is 4.54. The Kier molecular flexibility index (Phi) is 4.83. The number of hydrogen-bond acceptors (Lipinski definition) is 3. The molecule has 1 atom stereocenters. The molecule has 0 spiro atoms. The lowest BCUT2D eigenvalue weighted by Gasteiger charge is -2.29. The third-order valence-corrected chi connectivity index (χ3v) is 5.44. The van der Waals surface area contributed by atoms with Gasteiger partial charge in [0.05, 0.1) is 0 Å². The van der Waals surface area contributed by atoms with Crippen molar-refractivity contribution in [3.05, 3.63) is 48.0 Å². The fraction of sp³-hybridized carbons (Fsp3) is 0.550. The summed E-state index contributed by atoms with van der Waals surface area (Å²) in [6.07, 6.45) is 10.6. The smallest absolute Gasteiger partial charge is 0.113 e. The van der Waals surface area contributed by atoms with E-state index in [0.29, 0.717) is 5.92 Å². The van der Waals surface area contributed by atoms with Crippen molar-refractivity contribution in [1.29, 1.82) is 0 Å². The van der Waals surface area contributed by atoms with E-state index in [0.717, 1.165) is 19.6 Å². The standard InChI is InChI=1S/C20H28N4/c1-2-11-23(12-3-1)19-8-6-17(7-9-19)15-21-16-18-5-4-13-24-14-10-22-20(18)24/h6-10,14,18,21H,1-5,11-13,15-16H2. The summed E-state index contributed by atoms with van der Waals surface area (Å²) in [6, 6.07) is 9.13. The summed E-state index contributed by atoms with van der Waals surface area (Å²) in [5.74, 6) is 1.82. The van der Waals surface area contributed by atoms with Crippen molar-refractivity contribution in [3.63, 3.8) is 0 Å². The molecule has 2 aromatic rings. The van der Waals surface area contributed by atoms with Gasteiger partial charge in [-0.3, -0.25) is 0 Å². The molecule has 0 radical (unpaired) electrons. The topological polar surface area (TPSA) is 33.1 Å². The number of rotatable bonds is 5. The van der Waals surface area contributed by atoms with Crippen LogP contribution in [0.1, 0.15) is 49.4 Å². The Labute approximate surface area is 144 Å². The third-order valence-electron chi connectivity index (χ3n) is 5.44. The summed E-state index contributed by atoms with van der Waals surface area (Å²) in [5.41, 5.74) is 2.75. The van der Waals surface area contributed by atoms with Gasteiger partial charge in [-0.1, -0.05) is 12.1 Å². The van der Waals surface area contributed by atoms with Gasteiger partial charge in [-0.25, -0.2) is 4.98 Å². The van der Waals surface area contributed by atoms with Gasteiger partial charge in [0.15, 0.2) is 0 Å². The first kappa shape index (κ1) is 15.7. The van der Waals surface area contributed by atoms with E-state index < -0.39 is 0 Å². The molecule has 0 bridgehead atoms. The van der Waals surface area contributed by atoms with Crippen LogP contribution in [0.15, 0.2) is 36.7 Å². The minimum absolute atomic E-state index is 0.557. The van der Waals surface area contributed by atoms with E-state index in [2.05, 4.69) is 50.2 Å². The lowest BCUT2D eigenvalue weighted by atomic mass is 9.99. The zero-order valence-corrected chi connectivity index (χ0v) is 14.5. The van der Waals surface area contributed by atoms with Gasteiger partial charge in [0.2, 0.25) is 0 Å². The average Bonchev–Trinajstić information content (AvgIpc) is 3.13. The van der Waals surface area contributed by atoms with Gasteiger partial charge < -0.3 is 14.8 Å². The summed E-state index contributed by atoms with van der Waals surface area (Å²) in [4.78, 5) is 7.06. The summed E-state index contributed by atoms with van der Waals surface area (Å²) < 4.78 is 2.31. The first-order valence-electron chi connectivity index (χ1n) is 9.46. The van der Waals surface area contributed by atoms with Crippen LogP contribution < -0.4 is 10.2 Å². The van der Waals surface area contributed by atoms with Crippen molar-refractivity contribution < 1.29 is 0 Å². The van der Waals surface area contributed by atoms with Crippen molar-refractivity contribution in [2.75, 3.05) is 24.5 Å². The molecule has 24 heavy (non-hydrogen) atoms. The first-order chi connectivity index (χ1) is 11.9. The number of benzene rings is 1. The zero-order valence-electron chi connectivity index (χ0n) is 14.5. The van der Waals surface area contributed by atoms with Crippen molar-refractivity contribution in [2.24, 2.45) is 0 Å². The molecular formula is C20H28N4. The van der Waals surface area contributed by atoms with Gasteiger partial charge in [0.1, 0.15) is 5.82 Å². The molecule has 4 heteroatoms. The number of nitrogens with zero attached hydrogens (tertiary/aromatic N) is 3.